The van der Waals surface area contributed by atoms with Gasteiger partial charge >= 0.3 is 6.03 Å². The largest absolute Gasteiger partial charge is 0.441 e. The molecule has 0 bridgehead atoms. The van der Waals surface area contributed by atoms with Crippen molar-refractivity contribution in [2.24, 2.45) is 0 Å². The standard InChI is InChI=1S/C16H21N3O3/c1-2-8-19-15(20)13(17-16(19)21)11-12-6-7-14(22-12)18-9-4-3-5-10-18/h6-7,11H,2-5,8-10H2,1H3,(H,17,21)/b13-11+. The van der Waals surface area contributed by atoms with Gasteiger partial charge in [0.1, 0.15) is 11.5 Å². The molecule has 118 valence electrons. The van der Waals surface area contributed by atoms with Gasteiger partial charge in [-0.05, 0) is 31.7 Å². The summed E-state index contributed by atoms with van der Waals surface area (Å²) in [6.07, 6.45) is 5.97. The second kappa shape index (κ2) is 6.25. The predicted molar refractivity (Wildman–Crippen MR) is 83.3 cm³/mol. The molecule has 0 unspecified atom stereocenters. The SMILES string of the molecule is CCCN1C(=O)N/C(=C/c2ccc(N3CCCCC3)o2)C1=O. The lowest BCUT2D eigenvalue weighted by Gasteiger charge is -2.25. The molecule has 1 N–H and O–H groups in total. The molecule has 0 aliphatic carbocycles. The van der Waals surface area contributed by atoms with Crippen LogP contribution < -0.4 is 10.2 Å². The molecule has 3 rings (SSSR count). The Balaban J connectivity index is 1.74. The Hall–Kier alpha value is -2.24. The van der Waals surface area contributed by atoms with Gasteiger partial charge in [-0.25, -0.2) is 4.79 Å². The first-order valence-corrected chi connectivity index (χ1v) is 7.88. The highest BCUT2D eigenvalue weighted by atomic mass is 16.4. The number of nitrogens with one attached hydrogen (secondary N) is 1. The summed E-state index contributed by atoms with van der Waals surface area (Å²) < 4.78 is 5.79. The summed E-state index contributed by atoms with van der Waals surface area (Å²) >= 11 is 0. The van der Waals surface area contributed by atoms with Gasteiger partial charge in [0.05, 0.1) is 0 Å². The molecule has 2 aliphatic rings. The molecule has 0 radical (unpaired) electrons. The smallest absolute Gasteiger partial charge is 0.329 e. The van der Waals surface area contributed by atoms with Crippen LogP contribution in [0.4, 0.5) is 10.7 Å². The van der Waals surface area contributed by atoms with Gasteiger partial charge in [0.15, 0.2) is 5.88 Å². The van der Waals surface area contributed by atoms with E-state index in [0.29, 0.717) is 12.3 Å². The third-order valence-corrected chi connectivity index (χ3v) is 3.98. The number of urea groups is 1. The monoisotopic (exact) mass is 303 g/mol. The Morgan fingerprint density at radius 3 is 2.73 bits per heavy atom. The summed E-state index contributed by atoms with van der Waals surface area (Å²) in [5.41, 5.74) is 0.276. The van der Waals surface area contributed by atoms with E-state index < -0.39 is 0 Å². The third kappa shape index (κ3) is 2.86. The van der Waals surface area contributed by atoms with Crippen LogP contribution in [0.3, 0.4) is 0 Å². The Bertz CT molecular complexity index is 600. The molecule has 2 aliphatic heterocycles. The van der Waals surface area contributed by atoms with Crippen molar-refractivity contribution in [1.29, 1.82) is 0 Å². The van der Waals surface area contributed by atoms with Crippen molar-refractivity contribution in [3.8, 4) is 0 Å². The fourth-order valence-electron chi connectivity index (χ4n) is 2.84. The summed E-state index contributed by atoms with van der Waals surface area (Å²) in [5.74, 6) is 1.12. The zero-order valence-corrected chi connectivity index (χ0v) is 12.8. The lowest BCUT2D eigenvalue weighted by atomic mass is 10.1. The number of carbonyl (C=O) groups is 2. The molecule has 1 aromatic rings. The van der Waals surface area contributed by atoms with Crippen LogP contribution in [-0.2, 0) is 4.79 Å². The lowest BCUT2D eigenvalue weighted by Crippen LogP contribution is -2.31. The van der Waals surface area contributed by atoms with Gasteiger partial charge in [-0.15, -0.1) is 0 Å². The fourth-order valence-corrected chi connectivity index (χ4v) is 2.84. The second-order valence-corrected chi connectivity index (χ2v) is 5.67. The Labute approximate surface area is 129 Å². The van der Waals surface area contributed by atoms with Gasteiger partial charge in [0.25, 0.3) is 5.91 Å². The van der Waals surface area contributed by atoms with Gasteiger partial charge in [0, 0.05) is 31.8 Å². The number of piperidine rings is 1. The topological polar surface area (TPSA) is 65.8 Å². The number of rotatable bonds is 4. The molecule has 1 aromatic heterocycles. The van der Waals surface area contributed by atoms with Crippen molar-refractivity contribution in [3.63, 3.8) is 0 Å². The minimum absolute atomic E-state index is 0.276. The van der Waals surface area contributed by atoms with Crippen molar-refractivity contribution >= 4 is 23.9 Å². The van der Waals surface area contributed by atoms with Gasteiger partial charge in [-0.2, -0.15) is 0 Å². The first-order valence-electron chi connectivity index (χ1n) is 7.88. The molecule has 0 atom stereocenters. The van der Waals surface area contributed by atoms with E-state index in [0.717, 1.165) is 25.4 Å². The maximum absolute atomic E-state index is 12.1. The van der Waals surface area contributed by atoms with Crippen LogP contribution in [0.5, 0.6) is 0 Å². The van der Waals surface area contributed by atoms with Gasteiger partial charge in [-0.1, -0.05) is 6.92 Å². The quantitative estimate of drug-likeness (QED) is 0.686. The minimum atomic E-state index is -0.360. The van der Waals surface area contributed by atoms with Crippen LogP contribution in [-0.4, -0.2) is 36.5 Å². The molecular formula is C16H21N3O3. The summed E-state index contributed by atoms with van der Waals surface area (Å²) in [5, 5.41) is 2.60. The molecule has 22 heavy (non-hydrogen) atoms. The van der Waals surface area contributed by atoms with Crippen molar-refractivity contribution in [3.05, 3.63) is 23.6 Å². The molecule has 0 saturated carbocycles. The van der Waals surface area contributed by atoms with Crippen LogP contribution in [0.2, 0.25) is 0 Å². The average Bonchev–Trinajstić information content (AvgIpc) is 3.09. The van der Waals surface area contributed by atoms with E-state index in [1.165, 1.54) is 24.2 Å². The van der Waals surface area contributed by atoms with E-state index in [-0.39, 0.29) is 17.6 Å². The lowest BCUT2D eigenvalue weighted by molar-refractivity contribution is -0.122. The third-order valence-electron chi connectivity index (χ3n) is 3.98. The molecule has 0 spiro atoms. The van der Waals surface area contributed by atoms with E-state index in [2.05, 4.69) is 10.2 Å². The van der Waals surface area contributed by atoms with E-state index in [9.17, 15) is 9.59 Å². The van der Waals surface area contributed by atoms with Gasteiger partial charge in [0.2, 0.25) is 0 Å². The zero-order chi connectivity index (χ0) is 15.5. The predicted octanol–water partition coefficient (Wildman–Crippen LogP) is 2.57. The number of nitrogens with zero attached hydrogens (tertiary/aromatic N) is 2. The number of hydrogen-bond acceptors (Lipinski definition) is 4. The summed E-state index contributed by atoms with van der Waals surface area (Å²) in [6, 6.07) is 3.39. The number of carbonyl (C=O) groups excluding carboxylic acids is 2. The van der Waals surface area contributed by atoms with Crippen LogP contribution in [0.25, 0.3) is 6.08 Å². The van der Waals surface area contributed by atoms with E-state index in [1.54, 1.807) is 6.08 Å². The molecule has 0 aromatic carbocycles. The highest BCUT2D eigenvalue weighted by Gasteiger charge is 2.32. The van der Waals surface area contributed by atoms with Crippen molar-refractivity contribution in [2.75, 3.05) is 24.5 Å². The average molecular weight is 303 g/mol. The zero-order valence-electron chi connectivity index (χ0n) is 12.8. The number of hydrogen-bond donors (Lipinski definition) is 1. The van der Waals surface area contributed by atoms with Crippen molar-refractivity contribution in [2.45, 2.75) is 32.6 Å². The van der Waals surface area contributed by atoms with E-state index >= 15 is 0 Å². The summed E-state index contributed by atoms with van der Waals surface area (Å²) in [6.45, 7) is 4.37. The first-order chi connectivity index (χ1) is 10.7. The summed E-state index contributed by atoms with van der Waals surface area (Å²) in [7, 11) is 0. The molecule has 2 fully saturated rings. The van der Waals surface area contributed by atoms with Crippen molar-refractivity contribution in [1.82, 2.24) is 10.2 Å². The number of furan rings is 1. The molecular weight excluding hydrogens is 282 g/mol. The van der Waals surface area contributed by atoms with E-state index in [4.69, 9.17) is 4.42 Å². The molecule has 3 amide bonds. The Morgan fingerprint density at radius 2 is 2.00 bits per heavy atom. The van der Waals surface area contributed by atoms with Crippen LogP contribution in [0.15, 0.2) is 22.2 Å². The summed E-state index contributed by atoms with van der Waals surface area (Å²) in [4.78, 5) is 27.3. The van der Waals surface area contributed by atoms with Gasteiger partial charge in [-0.3, -0.25) is 9.69 Å². The fraction of sp³-hybridized carbons (Fsp3) is 0.500. The minimum Gasteiger partial charge on any atom is -0.441 e. The van der Waals surface area contributed by atoms with Crippen LogP contribution in [0.1, 0.15) is 38.4 Å². The maximum atomic E-state index is 12.1. The van der Waals surface area contributed by atoms with Crippen LogP contribution in [0, 0.1) is 0 Å². The number of amides is 3. The number of anilines is 1. The molecule has 2 saturated heterocycles. The normalized spacial score (nSPS) is 20.9. The Kier molecular flexibility index (Phi) is 4.18. The first kappa shape index (κ1) is 14.7. The van der Waals surface area contributed by atoms with E-state index in [1.807, 2.05) is 19.1 Å². The van der Waals surface area contributed by atoms with Gasteiger partial charge < -0.3 is 14.6 Å². The Morgan fingerprint density at radius 1 is 1.23 bits per heavy atom. The maximum Gasteiger partial charge on any atom is 0.329 e. The molecule has 6 nitrogen and oxygen atoms in total. The van der Waals surface area contributed by atoms with Crippen LogP contribution >= 0.6 is 0 Å². The molecule has 6 heteroatoms. The second-order valence-electron chi connectivity index (χ2n) is 5.67. The molecule has 3 heterocycles. The highest BCUT2D eigenvalue weighted by molar-refractivity contribution is 6.13. The van der Waals surface area contributed by atoms with Crippen molar-refractivity contribution < 1.29 is 14.0 Å². The highest BCUT2D eigenvalue weighted by Crippen LogP contribution is 2.24. The number of imide groups is 1.